The van der Waals surface area contributed by atoms with E-state index in [0.29, 0.717) is 23.0 Å². The number of methoxy groups -OCH3 is 2. The molecule has 126 valence electrons. The molecule has 0 aliphatic heterocycles. The van der Waals surface area contributed by atoms with Crippen LogP contribution in [-0.2, 0) is 10.0 Å². The second kappa shape index (κ2) is 7.03. The largest absolute Gasteiger partial charge is 0.493 e. The SMILES string of the molecule is COc1ccc(S(=O)(=O)NCC(O)c2ccc(C)o2)cc1OC. The van der Waals surface area contributed by atoms with E-state index in [1.807, 2.05) is 0 Å². The Morgan fingerprint density at radius 3 is 2.43 bits per heavy atom. The first kappa shape index (κ1) is 17.3. The van der Waals surface area contributed by atoms with Crippen molar-refractivity contribution in [3.8, 4) is 11.5 Å². The predicted octanol–water partition coefficient (Wildman–Crippen LogP) is 1.62. The molecule has 2 N–H and O–H groups in total. The summed E-state index contributed by atoms with van der Waals surface area (Å²) in [5, 5.41) is 9.96. The molecule has 8 heteroatoms. The van der Waals surface area contributed by atoms with E-state index in [1.165, 1.54) is 32.4 Å². The smallest absolute Gasteiger partial charge is 0.240 e. The molecule has 0 aliphatic rings. The monoisotopic (exact) mass is 341 g/mol. The first-order chi connectivity index (χ1) is 10.9. The molecule has 0 amide bonds. The summed E-state index contributed by atoms with van der Waals surface area (Å²) in [4.78, 5) is 0.0120. The summed E-state index contributed by atoms with van der Waals surface area (Å²) in [6.45, 7) is 1.54. The average Bonchev–Trinajstić information content (AvgIpc) is 2.98. The minimum absolute atomic E-state index is 0.0120. The Labute approximate surface area is 134 Å². The maximum Gasteiger partial charge on any atom is 0.240 e. The van der Waals surface area contributed by atoms with Crippen molar-refractivity contribution in [1.29, 1.82) is 0 Å². The number of aryl methyl sites for hydroxylation is 1. The van der Waals surface area contributed by atoms with Crippen molar-refractivity contribution in [3.05, 3.63) is 41.9 Å². The molecule has 1 heterocycles. The number of furan rings is 1. The number of hydrogen-bond acceptors (Lipinski definition) is 6. The van der Waals surface area contributed by atoms with Crippen LogP contribution in [0, 0.1) is 6.92 Å². The van der Waals surface area contributed by atoms with Gasteiger partial charge in [0.25, 0.3) is 0 Å². The Morgan fingerprint density at radius 2 is 1.87 bits per heavy atom. The predicted molar refractivity (Wildman–Crippen MR) is 83.1 cm³/mol. The molecule has 0 radical (unpaired) electrons. The lowest BCUT2D eigenvalue weighted by Gasteiger charge is -2.12. The van der Waals surface area contributed by atoms with Gasteiger partial charge in [-0.2, -0.15) is 0 Å². The topological polar surface area (TPSA) is 98.0 Å². The average molecular weight is 341 g/mol. The van der Waals surface area contributed by atoms with Crippen LogP contribution in [-0.4, -0.2) is 34.3 Å². The molecule has 0 fully saturated rings. The van der Waals surface area contributed by atoms with Crippen LogP contribution < -0.4 is 14.2 Å². The summed E-state index contributed by atoms with van der Waals surface area (Å²) in [6, 6.07) is 7.55. The molecule has 7 nitrogen and oxygen atoms in total. The van der Waals surface area contributed by atoms with E-state index in [4.69, 9.17) is 13.9 Å². The zero-order valence-corrected chi connectivity index (χ0v) is 13.9. The quantitative estimate of drug-likeness (QED) is 0.794. The fraction of sp³-hybridized carbons (Fsp3) is 0.333. The van der Waals surface area contributed by atoms with E-state index in [1.54, 1.807) is 19.1 Å². The molecule has 1 aromatic heterocycles. The fourth-order valence-electron chi connectivity index (χ4n) is 1.99. The Balaban J connectivity index is 2.12. The van der Waals surface area contributed by atoms with Crippen LogP contribution in [0.5, 0.6) is 11.5 Å². The van der Waals surface area contributed by atoms with Gasteiger partial charge >= 0.3 is 0 Å². The summed E-state index contributed by atoms with van der Waals surface area (Å²) in [6.07, 6.45) is -1.07. The van der Waals surface area contributed by atoms with E-state index in [-0.39, 0.29) is 11.4 Å². The molecule has 23 heavy (non-hydrogen) atoms. The van der Waals surface area contributed by atoms with E-state index >= 15 is 0 Å². The fourth-order valence-corrected chi connectivity index (χ4v) is 3.04. The van der Waals surface area contributed by atoms with Crippen LogP contribution in [0.1, 0.15) is 17.6 Å². The van der Waals surface area contributed by atoms with Gasteiger partial charge in [0.05, 0.1) is 19.1 Å². The lowest BCUT2D eigenvalue weighted by molar-refractivity contribution is 0.152. The number of aliphatic hydroxyl groups is 1. The van der Waals surface area contributed by atoms with Gasteiger partial charge in [-0.05, 0) is 31.2 Å². The highest BCUT2D eigenvalue weighted by atomic mass is 32.2. The first-order valence-corrected chi connectivity index (χ1v) is 8.32. The molecule has 0 spiro atoms. The number of nitrogens with one attached hydrogen (secondary N) is 1. The van der Waals surface area contributed by atoms with Gasteiger partial charge in [-0.15, -0.1) is 0 Å². The third-order valence-corrected chi connectivity index (χ3v) is 4.64. The summed E-state index contributed by atoms with van der Waals surface area (Å²) in [5.74, 6) is 1.68. The second-order valence-corrected chi connectivity index (χ2v) is 6.60. The van der Waals surface area contributed by atoms with Crippen molar-refractivity contribution in [2.75, 3.05) is 20.8 Å². The van der Waals surface area contributed by atoms with Crippen LogP contribution in [0.3, 0.4) is 0 Å². The van der Waals surface area contributed by atoms with Crippen molar-refractivity contribution >= 4 is 10.0 Å². The first-order valence-electron chi connectivity index (χ1n) is 6.83. The van der Waals surface area contributed by atoms with E-state index < -0.39 is 16.1 Å². The van der Waals surface area contributed by atoms with Gasteiger partial charge in [0.1, 0.15) is 17.6 Å². The number of sulfonamides is 1. The third-order valence-electron chi connectivity index (χ3n) is 3.22. The Morgan fingerprint density at radius 1 is 1.17 bits per heavy atom. The van der Waals surface area contributed by atoms with Crippen LogP contribution in [0.25, 0.3) is 0 Å². The van der Waals surface area contributed by atoms with Gasteiger partial charge in [-0.3, -0.25) is 0 Å². The standard InChI is InChI=1S/C15H19NO6S/c1-10-4-6-13(22-10)12(17)9-16-23(18,19)11-5-7-14(20-2)15(8-11)21-3/h4-8,12,16-17H,9H2,1-3H3. The van der Waals surface area contributed by atoms with Gasteiger partial charge in [0, 0.05) is 12.6 Å². The highest BCUT2D eigenvalue weighted by molar-refractivity contribution is 7.89. The molecule has 0 bridgehead atoms. The van der Waals surface area contributed by atoms with Gasteiger partial charge < -0.3 is 19.0 Å². The molecule has 0 aliphatic carbocycles. The maximum absolute atomic E-state index is 12.3. The molecule has 1 unspecified atom stereocenters. The third kappa shape index (κ3) is 4.04. The Bertz CT molecular complexity index is 768. The van der Waals surface area contributed by atoms with E-state index in [0.717, 1.165) is 0 Å². The van der Waals surface area contributed by atoms with Gasteiger partial charge in [0.15, 0.2) is 11.5 Å². The number of benzene rings is 1. The van der Waals surface area contributed by atoms with Gasteiger partial charge in [-0.25, -0.2) is 13.1 Å². The van der Waals surface area contributed by atoms with Crippen LogP contribution in [0.4, 0.5) is 0 Å². The van der Waals surface area contributed by atoms with Crippen LogP contribution >= 0.6 is 0 Å². The van der Waals surface area contributed by atoms with Gasteiger partial charge in [-0.1, -0.05) is 0 Å². The molecule has 2 aromatic rings. The Kier molecular flexibility index (Phi) is 5.30. The summed E-state index contributed by atoms with van der Waals surface area (Å²) in [5.41, 5.74) is 0. The minimum atomic E-state index is -3.80. The summed E-state index contributed by atoms with van der Waals surface area (Å²) in [7, 11) is -0.916. The maximum atomic E-state index is 12.3. The molecule has 2 rings (SSSR count). The number of rotatable bonds is 7. The van der Waals surface area contributed by atoms with Crippen LogP contribution in [0.15, 0.2) is 39.6 Å². The molecular formula is C15H19NO6S. The normalized spacial score (nSPS) is 12.9. The zero-order chi connectivity index (χ0) is 17.0. The lowest BCUT2D eigenvalue weighted by Crippen LogP contribution is -2.28. The minimum Gasteiger partial charge on any atom is -0.493 e. The molecular weight excluding hydrogens is 322 g/mol. The van der Waals surface area contributed by atoms with Crippen molar-refractivity contribution < 1.29 is 27.4 Å². The summed E-state index contributed by atoms with van der Waals surface area (Å²) >= 11 is 0. The highest BCUT2D eigenvalue weighted by Gasteiger charge is 2.20. The van der Waals surface area contributed by atoms with E-state index in [2.05, 4.69) is 4.72 Å². The van der Waals surface area contributed by atoms with Crippen molar-refractivity contribution in [3.63, 3.8) is 0 Å². The lowest BCUT2D eigenvalue weighted by atomic mass is 10.3. The number of ether oxygens (including phenoxy) is 2. The zero-order valence-electron chi connectivity index (χ0n) is 13.1. The number of hydrogen-bond donors (Lipinski definition) is 2. The van der Waals surface area contributed by atoms with Crippen LogP contribution in [0.2, 0.25) is 0 Å². The molecule has 0 saturated heterocycles. The van der Waals surface area contributed by atoms with Gasteiger partial charge in [0.2, 0.25) is 10.0 Å². The highest BCUT2D eigenvalue weighted by Crippen LogP contribution is 2.29. The number of aliphatic hydroxyl groups excluding tert-OH is 1. The molecule has 0 saturated carbocycles. The molecule has 1 aromatic carbocycles. The Hall–Kier alpha value is -2.03. The molecule has 1 atom stereocenters. The van der Waals surface area contributed by atoms with Crippen molar-refractivity contribution in [2.24, 2.45) is 0 Å². The van der Waals surface area contributed by atoms with Crippen molar-refractivity contribution in [2.45, 2.75) is 17.9 Å². The van der Waals surface area contributed by atoms with Crippen molar-refractivity contribution in [1.82, 2.24) is 4.72 Å². The second-order valence-electron chi connectivity index (χ2n) is 4.83. The van der Waals surface area contributed by atoms with E-state index in [9.17, 15) is 13.5 Å². The summed E-state index contributed by atoms with van der Waals surface area (Å²) < 4.78 is 42.3.